The number of aliphatic carboxylic acids is 1. The topological polar surface area (TPSA) is 58.6 Å². The fourth-order valence-corrected chi connectivity index (χ4v) is 1.47. The van der Waals surface area contributed by atoms with Gasteiger partial charge in [0.15, 0.2) is 0 Å². The second-order valence-corrected chi connectivity index (χ2v) is 4.53. The third-order valence-corrected chi connectivity index (χ3v) is 2.70. The predicted molar refractivity (Wildman–Crippen MR) is 60.8 cm³/mol. The Bertz CT molecular complexity index is 322. The monoisotopic (exact) mass is 307 g/mol. The van der Waals surface area contributed by atoms with E-state index in [2.05, 4.69) is 10.1 Å². The van der Waals surface area contributed by atoms with Crippen molar-refractivity contribution in [2.24, 2.45) is 0 Å². The fourth-order valence-electron chi connectivity index (χ4n) is 1.47. The maximum absolute atomic E-state index is 12.5. The molecule has 0 spiro atoms. The van der Waals surface area contributed by atoms with E-state index in [1.165, 1.54) is 6.92 Å². The lowest BCUT2D eigenvalue weighted by Crippen LogP contribution is -2.49. The number of nitrogens with one attached hydrogen (secondary N) is 1. The Kier molecular flexibility index (Phi) is 6.82. The minimum atomic E-state index is -5.65. The van der Waals surface area contributed by atoms with E-state index in [-0.39, 0.29) is 19.4 Å². The summed E-state index contributed by atoms with van der Waals surface area (Å²) in [5.74, 6) is -6.02. The van der Waals surface area contributed by atoms with Crippen molar-refractivity contribution in [3.63, 3.8) is 0 Å². The summed E-state index contributed by atoms with van der Waals surface area (Å²) < 4.78 is 64.7. The van der Waals surface area contributed by atoms with Crippen molar-refractivity contribution >= 4 is 5.97 Å². The maximum Gasteiger partial charge on any atom is 0.455 e. The first-order valence-electron chi connectivity index (χ1n) is 5.97. The molecule has 0 fully saturated rings. The van der Waals surface area contributed by atoms with Crippen molar-refractivity contribution in [3.05, 3.63) is 0 Å². The van der Waals surface area contributed by atoms with Crippen LogP contribution in [0.15, 0.2) is 0 Å². The van der Waals surface area contributed by atoms with Crippen molar-refractivity contribution in [3.8, 4) is 0 Å². The highest BCUT2D eigenvalue weighted by atomic mass is 19.4. The molecule has 20 heavy (non-hydrogen) atoms. The molecule has 0 saturated carbocycles. The number of carbonyl (C=O) groups is 1. The standard InChI is InChI=1S/C11H18F5NO3/c1-3-17-9(2,8(18)19)5-4-6-20-7-10(12,13)11(14,15)16/h17H,3-7H2,1-2H3,(H,18,19). The zero-order chi connectivity index (χ0) is 16.0. The minimum absolute atomic E-state index is 0.0454. The number of hydrogen-bond acceptors (Lipinski definition) is 3. The smallest absolute Gasteiger partial charge is 0.455 e. The van der Waals surface area contributed by atoms with Crippen LogP contribution in [-0.4, -0.2) is 48.5 Å². The van der Waals surface area contributed by atoms with E-state index in [4.69, 9.17) is 5.11 Å². The molecule has 1 unspecified atom stereocenters. The van der Waals surface area contributed by atoms with Gasteiger partial charge in [-0.15, -0.1) is 0 Å². The number of carboxylic acids is 1. The first kappa shape index (κ1) is 19.0. The molecule has 0 radical (unpaired) electrons. The lowest BCUT2D eigenvalue weighted by molar-refractivity contribution is -0.296. The molecule has 0 amide bonds. The van der Waals surface area contributed by atoms with Crippen LogP contribution in [0, 0.1) is 0 Å². The van der Waals surface area contributed by atoms with Crippen LogP contribution in [0.1, 0.15) is 26.7 Å². The number of rotatable bonds is 9. The molecule has 120 valence electrons. The Morgan fingerprint density at radius 2 is 1.80 bits per heavy atom. The van der Waals surface area contributed by atoms with Gasteiger partial charge in [-0.2, -0.15) is 22.0 Å². The molecule has 0 aromatic rings. The molecular formula is C11H18F5NO3. The van der Waals surface area contributed by atoms with E-state index in [9.17, 15) is 26.7 Å². The highest BCUT2D eigenvalue weighted by Gasteiger charge is 2.57. The first-order chi connectivity index (χ1) is 8.96. The first-order valence-corrected chi connectivity index (χ1v) is 5.97. The van der Waals surface area contributed by atoms with Crippen LogP contribution in [-0.2, 0) is 9.53 Å². The van der Waals surface area contributed by atoms with E-state index in [0.717, 1.165) is 0 Å². The van der Waals surface area contributed by atoms with Gasteiger partial charge in [0.25, 0.3) is 0 Å². The summed E-state index contributed by atoms with van der Waals surface area (Å²) in [4.78, 5) is 11.0. The average Bonchev–Trinajstić information content (AvgIpc) is 2.27. The van der Waals surface area contributed by atoms with Gasteiger partial charge in [-0.05, 0) is 26.3 Å². The Balaban J connectivity index is 4.12. The Morgan fingerprint density at radius 1 is 1.25 bits per heavy atom. The summed E-state index contributed by atoms with van der Waals surface area (Å²) in [6, 6.07) is 0. The second kappa shape index (κ2) is 7.16. The lowest BCUT2D eigenvalue weighted by atomic mass is 9.96. The minimum Gasteiger partial charge on any atom is -0.480 e. The third kappa shape index (κ3) is 5.58. The van der Waals surface area contributed by atoms with Gasteiger partial charge in [-0.3, -0.25) is 4.79 Å². The van der Waals surface area contributed by atoms with Crippen molar-refractivity contribution in [1.82, 2.24) is 5.32 Å². The molecule has 4 nitrogen and oxygen atoms in total. The van der Waals surface area contributed by atoms with E-state index < -0.39 is 30.2 Å². The van der Waals surface area contributed by atoms with Gasteiger partial charge >= 0.3 is 18.1 Å². The van der Waals surface area contributed by atoms with Crippen LogP contribution in [0.5, 0.6) is 0 Å². The van der Waals surface area contributed by atoms with Crippen LogP contribution in [0.4, 0.5) is 22.0 Å². The van der Waals surface area contributed by atoms with Gasteiger partial charge in [-0.25, -0.2) is 0 Å². The van der Waals surface area contributed by atoms with E-state index in [0.29, 0.717) is 6.54 Å². The highest BCUT2D eigenvalue weighted by molar-refractivity contribution is 5.78. The van der Waals surface area contributed by atoms with E-state index >= 15 is 0 Å². The van der Waals surface area contributed by atoms with Crippen LogP contribution in [0.3, 0.4) is 0 Å². The summed E-state index contributed by atoms with van der Waals surface area (Å²) in [6.45, 7) is 1.35. The summed E-state index contributed by atoms with van der Waals surface area (Å²) >= 11 is 0. The van der Waals surface area contributed by atoms with Gasteiger partial charge in [0.05, 0.1) is 0 Å². The van der Waals surface area contributed by atoms with Crippen LogP contribution in [0.2, 0.25) is 0 Å². The van der Waals surface area contributed by atoms with Crippen LogP contribution >= 0.6 is 0 Å². The Labute approximate surface area is 113 Å². The maximum atomic E-state index is 12.5. The number of hydrogen-bond donors (Lipinski definition) is 2. The Morgan fingerprint density at radius 3 is 2.20 bits per heavy atom. The van der Waals surface area contributed by atoms with Crippen LogP contribution in [0.25, 0.3) is 0 Å². The fraction of sp³-hybridized carbons (Fsp3) is 0.909. The molecular weight excluding hydrogens is 289 g/mol. The summed E-state index contributed by atoms with van der Waals surface area (Å²) in [7, 11) is 0. The molecule has 0 bridgehead atoms. The molecule has 0 aromatic heterocycles. The number of carboxylic acid groups (broad SMARTS) is 1. The van der Waals surface area contributed by atoms with Gasteiger partial charge in [0, 0.05) is 6.61 Å². The molecule has 9 heteroatoms. The lowest BCUT2D eigenvalue weighted by Gasteiger charge is -2.26. The number of ether oxygens (including phenoxy) is 1. The van der Waals surface area contributed by atoms with Gasteiger partial charge in [0.1, 0.15) is 12.1 Å². The second-order valence-electron chi connectivity index (χ2n) is 4.53. The molecule has 2 N–H and O–H groups in total. The summed E-state index contributed by atoms with van der Waals surface area (Å²) in [5, 5.41) is 11.7. The van der Waals surface area contributed by atoms with E-state index in [1.54, 1.807) is 6.92 Å². The van der Waals surface area contributed by atoms with E-state index in [1.807, 2.05) is 0 Å². The zero-order valence-electron chi connectivity index (χ0n) is 11.2. The molecule has 0 aliphatic rings. The quantitative estimate of drug-likeness (QED) is 0.507. The molecule has 0 rings (SSSR count). The molecule has 0 aliphatic heterocycles. The largest absolute Gasteiger partial charge is 0.480 e. The molecule has 0 saturated heterocycles. The molecule has 0 aromatic carbocycles. The van der Waals surface area contributed by atoms with Crippen LogP contribution < -0.4 is 5.32 Å². The normalized spacial score (nSPS) is 15.9. The van der Waals surface area contributed by atoms with Gasteiger partial charge in [-0.1, -0.05) is 6.92 Å². The zero-order valence-corrected chi connectivity index (χ0v) is 11.2. The molecule has 0 aliphatic carbocycles. The third-order valence-electron chi connectivity index (χ3n) is 2.70. The molecule has 0 heterocycles. The van der Waals surface area contributed by atoms with Gasteiger partial charge in [0.2, 0.25) is 0 Å². The number of halogens is 5. The average molecular weight is 307 g/mol. The van der Waals surface area contributed by atoms with Gasteiger partial charge < -0.3 is 15.2 Å². The number of alkyl halides is 5. The van der Waals surface area contributed by atoms with Crippen molar-refractivity contribution in [2.75, 3.05) is 19.8 Å². The summed E-state index contributed by atoms with van der Waals surface area (Å²) in [5.41, 5.74) is -1.26. The van der Waals surface area contributed by atoms with Crippen molar-refractivity contribution in [1.29, 1.82) is 0 Å². The molecule has 1 atom stereocenters. The van der Waals surface area contributed by atoms with Crippen molar-refractivity contribution in [2.45, 2.75) is 44.3 Å². The number of likely N-dealkylation sites (N-methyl/N-ethyl adjacent to an activating group) is 1. The van der Waals surface area contributed by atoms with Crippen molar-refractivity contribution < 1.29 is 36.6 Å². The predicted octanol–water partition coefficient (Wildman–Crippen LogP) is 2.43. The SMILES string of the molecule is CCNC(C)(CCCOCC(F)(F)C(F)(F)F)C(=O)O. The summed E-state index contributed by atoms with van der Waals surface area (Å²) in [6.07, 6.45) is -5.55. The Hall–Kier alpha value is -0.960. The highest BCUT2D eigenvalue weighted by Crippen LogP contribution is 2.35.